The molecule has 1 aromatic carbocycles. The van der Waals surface area contributed by atoms with Crippen molar-refractivity contribution >= 4 is 29.1 Å². The molecule has 158 valence electrons. The van der Waals surface area contributed by atoms with Crippen molar-refractivity contribution in [2.45, 2.75) is 12.4 Å². The summed E-state index contributed by atoms with van der Waals surface area (Å²) in [6.45, 7) is -0.713. The fraction of sp³-hybridized carbons (Fsp3) is 0.312. The first-order valence-corrected chi connectivity index (χ1v) is 8.11. The second-order valence-corrected chi connectivity index (χ2v) is 6.37. The van der Waals surface area contributed by atoms with Crippen LogP contribution >= 0.6 is 11.6 Å². The number of aryl methyl sites for hydroxylation is 1. The molecule has 13 heteroatoms. The number of nitrogens with one attached hydrogen (secondary N) is 1. The van der Waals surface area contributed by atoms with Gasteiger partial charge in [0.2, 0.25) is 5.91 Å². The number of rotatable bonds is 4. The number of anilines is 1. The fourth-order valence-electron chi connectivity index (χ4n) is 2.37. The first-order valence-electron chi connectivity index (χ1n) is 7.73. The summed E-state index contributed by atoms with van der Waals surface area (Å²) < 4.78 is 78.3. The molecule has 2 rings (SSSR count). The SMILES string of the molecule is CN(CC(=O)Nc1ccc(Cl)c(C(F)(F)F)c1)C(=O)c1cn(C)nc1C(F)(F)F. The Kier molecular flexibility index (Phi) is 6.16. The molecule has 0 radical (unpaired) electrons. The maximum absolute atomic E-state index is 13.0. The van der Waals surface area contributed by atoms with E-state index in [0.717, 1.165) is 30.1 Å². The van der Waals surface area contributed by atoms with Gasteiger partial charge in [-0.1, -0.05) is 11.6 Å². The molecular weight excluding hydrogens is 430 g/mol. The number of aromatic nitrogens is 2. The molecule has 0 aliphatic rings. The van der Waals surface area contributed by atoms with Crippen LogP contribution in [0, 0.1) is 0 Å². The highest BCUT2D eigenvalue weighted by Gasteiger charge is 2.39. The number of hydrogen-bond acceptors (Lipinski definition) is 3. The highest BCUT2D eigenvalue weighted by atomic mass is 35.5. The van der Waals surface area contributed by atoms with Gasteiger partial charge in [-0.15, -0.1) is 0 Å². The van der Waals surface area contributed by atoms with Crippen molar-refractivity contribution < 1.29 is 35.9 Å². The number of carbonyl (C=O) groups excluding carboxylic acids is 2. The topological polar surface area (TPSA) is 67.2 Å². The summed E-state index contributed by atoms with van der Waals surface area (Å²) in [4.78, 5) is 25.0. The molecule has 0 saturated heterocycles. The van der Waals surface area contributed by atoms with Crippen molar-refractivity contribution in [3.05, 3.63) is 46.2 Å². The van der Waals surface area contributed by atoms with Crippen LogP contribution in [0.5, 0.6) is 0 Å². The van der Waals surface area contributed by atoms with Gasteiger partial charge in [-0.3, -0.25) is 14.3 Å². The van der Waals surface area contributed by atoms with E-state index in [1.807, 2.05) is 0 Å². The maximum Gasteiger partial charge on any atom is 0.435 e. The number of amides is 2. The maximum atomic E-state index is 13.0. The fourth-order valence-corrected chi connectivity index (χ4v) is 2.59. The Morgan fingerprint density at radius 1 is 1.17 bits per heavy atom. The summed E-state index contributed by atoms with van der Waals surface area (Å²) in [6.07, 6.45) is -8.78. The van der Waals surface area contributed by atoms with Crippen molar-refractivity contribution in [2.75, 3.05) is 18.9 Å². The molecule has 0 fully saturated rings. The first kappa shape index (κ1) is 22.5. The Morgan fingerprint density at radius 3 is 2.34 bits per heavy atom. The minimum atomic E-state index is -4.88. The molecule has 0 spiro atoms. The van der Waals surface area contributed by atoms with Gasteiger partial charge in [-0.25, -0.2) is 0 Å². The zero-order chi connectivity index (χ0) is 22.1. The Morgan fingerprint density at radius 2 is 1.79 bits per heavy atom. The molecule has 1 aromatic heterocycles. The Bertz CT molecular complexity index is 938. The highest BCUT2D eigenvalue weighted by molar-refractivity contribution is 6.31. The third kappa shape index (κ3) is 5.40. The normalized spacial score (nSPS) is 12.0. The highest BCUT2D eigenvalue weighted by Crippen LogP contribution is 2.36. The van der Waals surface area contributed by atoms with E-state index < -0.39 is 52.6 Å². The van der Waals surface area contributed by atoms with E-state index in [9.17, 15) is 35.9 Å². The van der Waals surface area contributed by atoms with Gasteiger partial charge in [-0.2, -0.15) is 31.4 Å². The largest absolute Gasteiger partial charge is 0.435 e. The van der Waals surface area contributed by atoms with Gasteiger partial charge >= 0.3 is 12.4 Å². The summed E-state index contributed by atoms with van der Waals surface area (Å²) in [5.74, 6) is -2.05. The van der Waals surface area contributed by atoms with Gasteiger partial charge in [0.05, 0.1) is 22.7 Å². The lowest BCUT2D eigenvalue weighted by molar-refractivity contribution is -0.142. The van der Waals surface area contributed by atoms with Crippen LogP contribution in [0.2, 0.25) is 5.02 Å². The minimum Gasteiger partial charge on any atom is -0.332 e. The van der Waals surface area contributed by atoms with Gasteiger partial charge in [0.15, 0.2) is 5.69 Å². The van der Waals surface area contributed by atoms with Crippen LogP contribution in [0.15, 0.2) is 24.4 Å². The Labute approximate surface area is 165 Å². The van der Waals surface area contributed by atoms with Crippen LogP contribution in [0.1, 0.15) is 21.6 Å². The number of carbonyl (C=O) groups is 2. The number of halogens is 7. The van der Waals surface area contributed by atoms with E-state index in [1.54, 1.807) is 0 Å². The molecule has 29 heavy (non-hydrogen) atoms. The molecule has 1 heterocycles. The van der Waals surface area contributed by atoms with Crippen LogP contribution in [0.4, 0.5) is 32.0 Å². The van der Waals surface area contributed by atoms with E-state index in [0.29, 0.717) is 11.0 Å². The molecule has 0 aliphatic heterocycles. The van der Waals surface area contributed by atoms with E-state index >= 15 is 0 Å². The molecule has 0 bridgehead atoms. The van der Waals surface area contributed by atoms with Crippen molar-refractivity contribution in [3.8, 4) is 0 Å². The van der Waals surface area contributed by atoms with Crippen molar-refractivity contribution in [3.63, 3.8) is 0 Å². The lowest BCUT2D eigenvalue weighted by atomic mass is 10.2. The lowest BCUT2D eigenvalue weighted by Gasteiger charge is -2.17. The summed E-state index contributed by atoms with van der Waals surface area (Å²) in [5.41, 5.74) is -3.59. The van der Waals surface area contributed by atoms with E-state index in [2.05, 4.69) is 10.4 Å². The molecule has 0 unspecified atom stereocenters. The summed E-state index contributed by atoms with van der Waals surface area (Å²) in [5, 5.41) is 4.76. The minimum absolute atomic E-state index is 0.245. The van der Waals surface area contributed by atoms with Gasteiger partial charge in [0, 0.05) is 26.0 Å². The van der Waals surface area contributed by atoms with E-state index in [1.165, 1.54) is 7.05 Å². The molecule has 1 N–H and O–H groups in total. The van der Waals surface area contributed by atoms with E-state index in [-0.39, 0.29) is 5.69 Å². The summed E-state index contributed by atoms with van der Waals surface area (Å²) in [7, 11) is 2.26. The van der Waals surface area contributed by atoms with Gasteiger partial charge in [0.25, 0.3) is 5.91 Å². The average molecular weight is 443 g/mol. The molecule has 2 aromatic rings. The summed E-state index contributed by atoms with van der Waals surface area (Å²) in [6, 6.07) is 2.64. The van der Waals surface area contributed by atoms with Crippen LogP contribution in [0.3, 0.4) is 0 Å². The number of benzene rings is 1. The van der Waals surface area contributed by atoms with Crippen LogP contribution < -0.4 is 5.32 Å². The summed E-state index contributed by atoms with van der Waals surface area (Å²) >= 11 is 5.48. The molecular formula is C16H13ClF6N4O2. The molecule has 0 atom stereocenters. The second-order valence-electron chi connectivity index (χ2n) is 5.96. The van der Waals surface area contributed by atoms with Crippen molar-refractivity contribution in [1.82, 2.24) is 14.7 Å². The standard InChI is InChI=1S/C16H13ClF6N4O2/c1-26(14(29)9-6-27(2)25-13(9)16(21,22)23)7-12(28)24-8-3-4-11(17)10(5-8)15(18,19)20/h3-6H,7H2,1-2H3,(H,24,28). The Balaban J connectivity index is 2.13. The third-order valence-electron chi connectivity index (χ3n) is 3.61. The molecule has 6 nitrogen and oxygen atoms in total. The zero-order valence-corrected chi connectivity index (χ0v) is 15.6. The number of alkyl halides is 6. The zero-order valence-electron chi connectivity index (χ0n) is 14.8. The number of nitrogens with zero attached hydrogens (tertiary/aromatic N) is 3. The van der Waals surface area contributed by atoms with Crippen LogP contribution in [0.25, 0.3) is 0 Å². The number of likely N-dealkylation sites (N-methyl/N-ethyl adjacent to an activating group) is 1. The second kappa shape index (κ2) is 7.93. The van der Waals surface area contributed by atoms with Gasteiger partial charge in [0.1, 0.15) is 0 Å². The molecule has 0 saturated carbocycles. The third-order valence-corrected chi connectivity index (χ3v) is 3.94. The predicted molar refractivity (Wildman–Crippen MR) is 90.3 cm³/mol. The molecule has 2 amide bonds. The van der Waals surface area contributed by atoms with Gasteiger partial charge in [-0.05, 0) is 18.2 Å². The van der Waals surface area contributed by atoms with Crippen molar-refractivity contribution in [1.29, 1.82) is 0 Å². The monoisotopic (exact) mass is 442 g/mol. The van der Waals surface area contributed by atoms with Crippen LogP contribution in [-0.2, 0) is 24.2 Å². The quantitative estimate of drug-likeness (QED) is 0.732. The number of hydrogen-bond donors (Lipinski definition) is 1. The van der Waals surface area contributed by atoms with Crippen LogP contribution in [-0.4, -0.2) is 40.1 Å². The smallest absolute Gasteiger partial charge is 0.332 e. The predicted octanol–water partition coefficient (Wildman–Crippen LogP) is 3.82. The van der Waals surface area contributed by atoms with Crippen molar-refractivity contribution in [2.24, 2.45) is 7.05 Å². The average Bonchev–Trinajstić information content (AvgIpc) is 2.97. The van der Waals surface area contributed by atoms with E-state index in [4.69, 9.17) is 11.6 Å². The van der Waals surface area contributed by atoms with Gasteiger partial charge < -0.3 is 10.2 Å². The lowest BCUT2D eigenvalue weighted by Crippen LogP contribution is -2.35. The Hall–Kier alpha value is -2.76. The first-order chi connectivity index (χ1) is 13.2. The molecule has 0 aliphatic carbocycles.